The molecule has 1 atom stereocenters. The molecule has 0 saturated heterocycles. The van der Waals surface area contributed by atoms with Crippen LogP contribution in [-0.4, -0.2) is 14.5 Å². The lowest BCUT2D eigenvalue weighted by molar-refractivity contribution is 0.219. The van der Waals surface area contributed by atoms with Crippen molar-refractivity contribution in [2.24, 2.45) is 0 Å². The molecule has 0 aliphatic heterocycles. The molecule has 0 bridgehead atoms. The molecule has 0 radical (unpaired) electrons. The zero-order chi connectivity index (χ0) is 12.9. The molecule has 0 aromatic heterocycles. The predicted octanol–water partition coefficient (Wildman–Crippen LogP) is 3.06. The van der Waals surface area contributed by atoms with Gasteiger partial charge in [0.25, 0.3) is 10.1 Å². The van der Waals surface area contributed by atoms with Crippen LogP contribution in [0.15, 0.2) is 41.8 Å². The van der Waals surface area contributed by atoms with Crippen LogP contribution in [0.3, 0.4) is 0 Å². The first-order chi connectivity index (χ1) is 7.95. The summed E-state index contributed by atoms with van der Waals surface area (Å²) in [4.78, 5) is 0.202. The summed E-state index contributed by atoms with van der Waals surface area (Å²) in [5.41, 5.74) is 1.02. The quantitative estimate of drug-likeness (QED) is 0.579. The second-order valence-corrected chi connectivity index (χ2v) is 5.61. The van der Waals surface area contributed by atoms with Crippen LogP contribution in [0.1, 0.15) is 25.3 Å². The summed E-state index contributed by atoms with van der Waals surface area (Å²) in [7, 11) is -3.64. The highest BCUT2D eigenvalue weighted by molar-refractivity contribution is 7.86. The molecule has 0 aliphatic rings. The third-order valence-electron chi connectivity index (χ3n) is 2.38. The number of hydrogen-bond donors (Lipinski definition) is 0. The van der Waals surface area contributed by atoms with Gasteiger partial charge in [-0.25, -0.2) is 0 Å². The lowest BCUT2D eigenvalue weighted by atomic mass is 10.2. The highest BCUT2D eigenvalue weighted by atomic mass is 32.2. The van der Waals surface area contributed by atoms with Crippen LogP contribution in [0.2, 0.25) is 0 Å². The van der Waals surface area contributed by atoms with E-state index >= 15 is 0 Å². The average Bonchev–Trinajstić information content (AvgIpc) is 2.26. The molecule has 0 unspecified atom stereocenters. The third kappa shape index (κ3) is 4.32. The predicted molar refractivity (Wildman–Crippen MR) is 68.3 cm³/mol. The Bertz CT molecular complexity index is 460. The summed E-state index contributed by atoms with van der Waals surface area (Å²) in [5.74, 6) is 0. The molecule has 17 heavy (non-hydrogen) atoms. The van der Waals surface area contributed by atoms with E-state index in [2.05, 4.69) is 6.58 Å². The van der Waals surface area contributed by atoms with Crippen LogP contribution in [0, 0.1) is 6.92 Å². The molecule has 3 nitrogen and oxygen atoms in total. The van der Waals surface area contributed by atoms with Gasteiger partial charge in [0, 0.05) is 0 Å². The van der Waals surface area contributed by atoms with E-state index in [0.29, 0.717) is 6.42 Å². The molecule has 4 heteroatoms. The van der Waals surface area contributed by atoms with Gasteiger partial charge in [-0.3, -0.25) is 4.18 Å². The molecule has 94 valence electrons. The van der Waals surface area contributed by atoms with Gasteiger partial charge >= 0.3 is 0 Å². The maximum atomic E-state index is 11.9. The van der Waals surface area contributed by atoms with E-state index in [1.807, 2.05) is 6.92 Å². The summed E-state index contributed by atoms with van der Waals surface area (Å²) in [6, 6.07) is 6.63. The van der Waals surface area contributed by atoms with Gasteiger partial charge < -0.3 is 0 Å². The number of allylic oxidation sites excluding steroid dienone is 1. The van der Waals surface area contributed by atoms with Crippen molar-refractivity contribution in [3.63, 3.8) is 0 Å². The minimum absolute atomic E-state index is 0.202. The van der Waals surface area contributed by atoms with E-state index in [1.165, 1.54) is 0 Å². The Balaban J connectivity index is 2.74. The molecule has 1 rings (SSSR count). The van der Waals surface area contributed by atoms with Gasteiger partial charge in [-0.2, -0.15) is 8.42 Å². The molecule has 1 aromatic carbocycles. The van der Waals surface area contributed by atoms with Crippen molar-refractivity contribution in [3.8, 4) is 0 Å². The van der Waals surface area contributed by atoms with Crippen molar-refractivity contribution in [2.45, 2.75) is 37.7 Å². The van der Waals surface area contributed by atoms with Gasteiger partial charge in [0.05, 0.1) is 11.0 Å². The molecule has 0 amide bonds. The van der Waals surface area contributed by atoms with Crippen LogP contribution in [-0.2, 0) is 14.3 Å². The minimum atomic E-state index is -3.64. The maximum Gasteiger partial charge on any atom is 0.297 e. The van der Waals surface area contributed by atoms with E-state index in [9.17, 15) is 8.42 Å². The SMILES string of the molecule is C=CCC[C@H](C)OS(=O)(=O)c1ccc(C)cc1. The summed E-state index contributed by atoms with van der Waals surface area (Å²) in [6.07, 6.45) is 2.80. The Morgan fingerprint density at radius 1 is 1.35 bits per heavy atom. The Morgan fingerprint density at radius 3 is 2.47 bits per heavy atom. The highest BCUT2D eigenvalue weighted by Crippen LogP contribution is 2.16. The minimum Gasteiger partial charge on any atom is -0.263 e. The van der Waals surface area contributed by atoms with Crippen molar-refractivity contribution in [1.82, 2.24) is 0 Å². The fourth-order valence-corrected chi connectivity index (χ4v) is 2.49. The zero-order valence-electron chi connectivity index (χ0n) is 10.2. The van der Waals surface area contributed by atoms with Crippen LogP contribution in [0.4, 0.5) is 0 Å². The number of rotatable bonds is 6. The van der Waals surface area contributed by atoms with Crippen LogP contribution in [0.5, 0.6) is 0 Å². The van der Waals surface area contributed by atoms with Gasteiger partial charge in [0.15, 0.2) is 0 Å². The molecule has 0 N–H and O–H groups in total. The molecule has 0 saturated carbocycles. The smallest absolute Gasteiger partial charge is 0.263 e. The van der Waals surface area contributed by atoms with Crippen LogP contribution in [0.25, 0.3) is 0 Å². The van der Waals surface area contributed by atoms with Crippen LogP contribution < -0.4 is 0 Å². The summed E-state index contributed by atoms with van der Waals surface area (Å²) < 4.78 is 28.8. The van der Waals surface area contributed by atoms with E-state index in [-0.39, 0.29) is 11.0 Å². The normalized spacial score (nSPS) is 13.3. The highest BCUT2D eigenvalue weighted by Gasteiger charge is 2.18. The second kappa shape index (κ2) is 5.98. The van der Waals surface area contributed by atoms with Gasteiger partial charge in [-0.05, 0) is 38.8 Å². The van der Waals surface area contributed by atoms with Gasteiger partial charge in [0.1, 0.15) is 0 Å². The Labute approximate surface area is 103 Å². The average molecular weight is 254 g/mol. The maximum absolute atomic E-state index is 11.9. The largest absolute Gasteiger partial charge is 0.297 e. The third-order valence-corrected chi connectivity index (χ3v) is 3.81. The van der Waals surface area contributed by atoms with Crippen molar-refractivity contribution in [3.05, 3.63) is 42.5 Å². The molecule has 0 spiro atoms. The number of aryl methyl sites for hydroxylation is 1. The van der Waals surface area contributed by atoms with Gasteiger partial charge in [-0.1, -0.05) is 23.8 Å². The van der Waals surface area contributed by atoms with Gasteiger partial charge in [0.2, 0.25) is 0 Å². The molecule has 1 aromatic rings. The molecular weight excluding hydrogens is 236 g/mol. The Kier molecular flexibility index (Phi) is 4.90. The van der Waals surface area contributed by atoms with Gasteiger partial charge in [-0.15, -0.1) is 6.58 Å². The topological polar surface area (TPSA) is 43.4 Å². The molecular formula is C13H18O3S. The molecule has 0 fully saturated rings. The van der Waals surface area contributed by atoms with E-state index in [4.69, 9.17) is 4.18 Å². The van der Waals surface area contributed by atoms with E-state index in [0.717, 1.165) is 12.0 Å². The summed E-state index contributed by atoms with van der Waals surface area (Å²) in [6.45, 7) is 7.24. The first-order valence-electron chi connectivity index (χ1n) is 5.56. The lowest BCUT2D eigenvalue weighted by Gasteiger charge is -2.12. The Hall–Kier alpha value is -1.13. The molecule has 0 heterocycles. The van der Waals surface area contributed by atoms with E-state index in [1.54, 1.807) is 37.3 Å². The monoisotopic (exact) mass is 254 g/mol. The summed E-state index contributed by atoms with van der Waals surface area (Å²) >= 11 is 0. The van der Waals surface area contributed by atoms with E-state index < -0.39 is 10.1 Å². The van der Waals surface area contributed by atoms with Crippen molar-refractivity contribution >= 4 is 10.1 Å². The van der Waals surface area contributed by atoms with Crippen molar-refractivity contribution < 1.29 is 12.6 Å². The number of benzene rings is 1. The fourth-order valence-electron chi connectivity index (χ4n) is 1.38. The number of hydrogen-bond acceptors (Lipinski definition) is 3. The first kappa shape index (κ1) is 13.9. The molecule has 0 aliphatic carbocycles. The summed E-state index contributed by atoms with van der Waals surface area (Å²) in [5, 5.41) is 0. The van der Waals surface area contributed by atoms with Crippen LogP contribution >= 0.6 is 0 Å². The fraction of sp³-hybridized carbons (Fsp3) is 0.385. The second-order valence-electron chi connectivity index (χ2n) is 4.04. The zero-order valence-corrected chi connectivity index (χ0v) is 11.0. The first-order valence-corrected chi connectivity index (χ1v) is 6.97. The van der Waals surface area contributed by atoms with Crippen molar-refractivity contribution in [2.75, 3.05) is 0 Å². The lowest BCUT2D eigenvalue weighted by Crippen LogP contribution is -2.15. The standard InChI is InChI=1S/C13H18O3S/c1-4-5-6-12(3)16-17(14,15)13-9-7-11(2)8-10-13/h4,7-10,12H,1,5-6H2,2-3H3/t12-/m0/s1. The van der Waals surface area contributed by atoms with Crippen molar-refractivity contribution in [1.29, 1.82) is 0 Å². The Morgan fingerprint density at radius 2 is 1.94 bits per heavy atom.